The normalized spacial score (nSPS) is 11.0. The summed E-state index contributed by atoms with van der Waals surface area (Å²) in [6.07, 6.45) is 3.79. The van der Waals surface area contributed by atoms with Gasteiger partial charge >= 0.3 is 0 Å². The lowest BCUT2D eigenvalue weighted by Crippen LogP contribution is -2.13. The van der Waals surface area contributed by atoms with Crippen molar-refractivity contribution in [2.75, 3.05) is 0 Å². The highest BCUT2D eigenvalue weighted by Gasteiger charge is 2.08. The van der Waals surface area contributed by atoms with Crippen LogP contribution in [0.15, 0.2) is 42.7 Å². The Morgan fingerprint density at radius 2 is 1.86 bits per heavy atom. The molecule has 0 aliphatic rings. The number of rotatable bonds is 5. The van der Waals surface area contributed by atoms with Gasteiger partial charge in [-0.15, -0.1) is 0 Å². The lowest BCUT2D eigenvalue weighted by molar-refractivity contribution is 0.685. The summed E-state index contributed by atoms with van der Waals surface area (Å²) in [7, 11) is 1.96. The van der Waals surface area contributed by atoms with E-state index in [0.29, 0.717) is 0 Å². The topological polar surface area (TPSA) is 58.5 Å². The number of aryl methyl sites for hydroxylation is 1. The summed E-state index contributed by atoms with van der Waals surface area (Å²) in [4.78, 5) is 0. The molecule has 0 radical (unpaired) electrons. The van der Waals surface area contributed by atoms with E-state index in [1.54, 1.807) is 0 Å². The Balaban J connectivity index is 1.67. The Morgan fingerprint density at radius 1 is 1.10 bits per heavy atom. The van der Waals surface area contributed by atoms with E-state index in [1.807, 2.05) is 42.3 Å². The molecule has 0 bridgehead atoms. The molecule has 3 rings (SSSR count). The summed E-state index contributed by atoms with van der Waals surface area (Å²) in [5, 5.41) is 15.0. The summed E-state index contributed by atoms with van der Waals surface area (Å²) in [6, 6.07) is 10.3. The Kier molecular flexibility index (Phi) is 3.83. The van der Waals surface area contributed by atoms with Crippen LogP contribution in [0.2, 0.25) is 0 Å². The van der Waals surface area contributed by atoms with Crippen LogP contribution in [-0.4, -0.2) is 20.0 Å². The van der Waals surface area contributed by atoms with Crippen molar-refractivity contribution in [3.8, 4) is 11.3 Å². The van der Waals surface area contributed by atoms with E-state index >= 15 is 0 Å². The van der Waals surface area contributed by atoms with E-state index in [4.69, 9.17) is 0 Å². The molecule has 1 aromatic carbocycles. The van der Waals surface area contributed by atoms with E-state index < -0.39 is 0 Å². The first-order chi connectivity index (χ1) is 10.3. The molecule has 108 valence electrons. The highest BCUT2D eigenvalue weighted by molar-refractivity contribution is 5.62. The number of aromatic amines is 1. The predicted molar refractivity (Wildman–Crippen MR) is 82.5 cm³/mol. The zero-order chi connectivity index (χ0) is 14.7. The van der Waals surface area contributed by atoms with Crippen molar-refractivity contribution < 1.29 is 0 Å². The first-order valence-corrected chi connectivity index (χ1v) is 7.01. The highest BCUT2D eigenvalue weighted by atomic mass is 15.3. The van der Waals surface area contributed by atoms with Crippen molar-refractivity contribution >= 4 is 0 Å². The number of aromatic nitrogens is 4. The Morgan fingerprint density at radius 3 is 2.57 bits per heavy atom. The molecule has 5 nitrogen and oxygen atoms in total. The van der Waals surface area contributed by atoms with Gasteiger partial charge in [0, 0.05) is 37.0 Å². The Bertz CT molecular complexity index is 711. The van der Waals surface area contributed by atoms with Crippen molar-refractivity contribution in [2.24, 2.45) is 7.05 Å². The standard InChI is InChI=1S/C16H19N5/c1-12-14(11-19-21(12)2)8-17-9-15-10-18-20-16(15)13-6-4-3-5-7-13/h3-7,10-11,17H,8-9H2,1-2H3,(H,18,20). The third-order valence-electron chi connectivity index (χ3n) is 3.75. The molecule has 0 aliphatic carbocycles. The number of H-pyrrole nitrogens is 1. The zero-order valence-corrected chi connectivity index (χ0v) is 12.3. The van der Waals surface area contributed by atoms with Crippen LogP contribution in [-0.2, 0) is 20.1 Å². The molecule has 2 aromatic heterocycles. The molecule has 0 unspecified atom stereocenters. The van der Waals surface area contributed by atoms with Crippen LogP contribution >= 0.6 is 0 Å². The Labute approximate surface area is 124 Å². The van der Waals surface area contributed by atoms with Gasteiger partial charge in [0.05, 0.1) is 18.1 Å². The van der Waals surface area contributed by atoms with Gasteiger partial charge in [-0.05, 0) is 12.5 Å². The summed E-state index contributed by atoms with van der Waals surface area (Å²) >= 11 is 0. The third-order valence-corrected chi connectivity index (χ3v) is 3.75. The van der Waals surface area contributed by atoms with Crippen LogP contribution in [0.3, 0.4) is 0 Å². The van der Waals surface area contributed by atoms with Crippen molar-refractivity contribution in [1.82, 2.24) is 25.3 Å². The average molecular weight is 281 g/mol. The first-order valence-electron chi connectivity index (χ1n) is 7.01. The van der Waals surface area contributed by atoms with E-state index in [9.17, 15) is 0 Å². The Hall–Kier alpha value is -2.40. The smallest absolute Gasteiger partial charge is 0.0695 e. The number of nitrogens with zero attached hydrogens (tertiary/aromatic N) is 3. The van der Waals surface area contributed by atoms with Gasteiger partial charge in [-0.1, -0.05) is 30.3 Å². The zero-order valence-electron chi connectivity index (χ0n) is 12.3. The fraction of sp³-hybridized carbons (Fsp3) is 0.250. The molecule has 0 amide bonds. The van der Waals surface area contributed by atoms with Gasteiger partial charge in [-0.3, -0.25) is 9.78 Å². The van der Waals surface area contributed by atoms with E-state index in [2.05, 4.69) is 39.7 Å². The molecule has 21 heavy (non-hydrogen) atoms. The summed E-state index contributed by atoms with van der Waals surface area (Å²) < 4.78 is 1.89. The minimum absolute atomic E-state index is 0.773. The van der Waals surface area contributed by atoms with Gasteiger partial charge in [0.1, 0.15) is 0 Å². The van der Waals surface area contributed by atoms with Crippen LogP contribution < -0.4 is 5.32 Å². The van der Waals surface area contributed by atoms with Gasteiger partial charge < -0.3 is 5.32 Å². The number of nitrogens with one attached hydrogen (secondary N) is 2. The van der Waals surface area contributed by atoms with Gasteiger partial charge in [-0.25, -0.2) is 0 Å². The second kappa shape index (κ2) is 5.93. The molecule has 0 saturated heterocycles. The minimum atomic E-state index is 0.773. The van der Waals surface area contributed by atoms with Gasteiger partial charge in [0.25, 0.3) is 0 Å². The molecule has 5 heteroatoms. The van der Waals surface area contributed by atoms with Gasteiger partial charge in [0.2, 0.25) is 0 Å². The average Bonchev–Trinajstić information content (AvgIpc) is 3.10. The van der Waals surface area contributed by atoms with E-state index in [1.165, 1.54) is 16.8 Å². The molecule has 0 fully saturated rings. The van der Waals surface area contributed by atoms with E-state index in [0.717, 1.165) is 24.3 Å². The van der Waals surface area contributed by atoms with Crippen molar-refractivity contribution in [1.29, 1.82) is 0 Å². The van der Waals surface area contributed by atoms with Crippen LogP contribution in [0.5, 0.6) is 0 Å². The van der Waals surface area contributed by atoms with Gasteiger partial charge in [-0.2, -0.15) is 10.2 Å². The molecule has 3 aromatic rings. The SMILES string of the molecule is Cc1c(CNCc2cn[nH]c2-c2ccccc2)cnn1C. The monoisotopic (exact) mass is 281 g/mol. The number of hydrogen-bond acceptors (Lipinski definition) is 3. The fourth-order valence-electron chi connectivity index (χ4n) is 2.35. The molecule has 0 saturated carbocycles. The second-order valence-electron chi connectivity index (χ2n) is 5.12. The van der Waals surface area contributed by atoms with E-state index in [-0.39, 0.29) is 0 Å². The predicted octanol–water partition coefficient (Wildman–Crippen LogP) is 2.41. The number of hydrogen-bond donors (Lipinski definition) is 2. The molecule has 0 spiro atoms. The van der Waals surface area contributed by atoms with Gasteiger partial charge in [0.15, 0.2) is 0 Å². The molecular formula is C16H19N5. The third kappa shape index (κ3) is 2.87. The second-order valence-corrected chi connectivity index (χ2v) is 5.12. The number of benzene rings is 1. The van der Waals surface area contributed by atoms with Crippen LogP contribution in [0.25, 0.3) is 11.3 Å². The quantitative estimate of drug-likeness (QED) is 0.755. The summed E-state index contributed by atoms with van der Waals surface area (Å²) in [6.45, 7) is 3.66. The summed E-state index contributed by atoms with van der Waals surface area (Å²) in [5.74, 6) is 0. The van der Waals surface area contributed by atoms with Crippen molar-refractivity contribution in [3.05, 3.63) is 59.5 Å². The maximum Gasteiger partial charge on any atom is 0.0695 e. The summed E-state index contributed by atoms with van der Waals surface area (Å²) in [5.41, 5.74) is 5.82. The fourth-order valence-corrected chi connectivity index (χ4v) is 2.35. The lowest BCUT2D eigenvalue weighted by atomic mass is 10.1. The van der Waals surface area contributed by atoms with Crippen LogP contribution in [0.1, 0.15) is 16.8 Å². The largest absolute Gasteiger partial charge is 0.308 e. The maximum atomic E-state index is 4.26. The van der Waals surface area contributed by atoms with Crippen molar-refractivity contribution in [3.63, 3.8) is 0 Å². The van der Waals surface area contributed by atoms with Crippen molar-refractivity contribution in [2.45, 2.75) is 20.0 Å². The molecule has 0 aliphatic heterocycles. The molecule has 2 N–H and O–H groups in total. The highest BCUT2D eigenvalue weighted by Crippen LogP contribution is 2.20. The molecule has 2 heterocycles. The minimum Gasteiger partial charge on any atom is -0.308 e. The van der Waals surface area contributed by atoms with Crippen LogP contribution in [0, 0.1) is 6.92 Å². The van der Waals surface area contributed by atoms with Crippen LogP contribution in [0.4, 0.5) is 0 Å². The lowest BCUT2D eigenvalue weighted by Gasteiger charge is -2.06. The molecular weight excluding hydrogens is 262 g/mol. The maximum absolute atomic E-state index is 4.26. The molecule has 0 atom stereocenters. The first kappa shape index (κ1) is 13.6.